The molecule has 0 aliphatic carbocycles. The number of carbonyl (C=O) groups is 1. The zero-order valence-electron chi connectivity index (χ0n) is 16.3. The van der Waals surface area contributed by atoms with Crippen LogP contribution in [0.3, 0.4) is 0 Å². The van der Waals surface area contributed by atoms with Gasteiger partial charge in [0.2, 0.25) is 5.91 Å². The molecule has 2 unspecified atom stereocenters. The first kappa shape index (κ1) is 19.0. The van der Waals surface area contributed by atoms with E-state index in [2.05, 4.69) is 31.0 Å². The highest BCUT2D eigenvalue weighted by Gasteiger charge is 2.24. The minimum atomic E-state index is -0.0280. The summed E-state index contributed by atoms with van der Waals surface area (Å²) in [6, 6.07) is 6.49. The molecule has 0 radical (unpaired) electrons. The molecule has 3 rings (SSSR count). The van der Waals surface area contributed by atoms with Gasteiger partial charge in [0, 0.05) is 12.5 Å². The van der Waals surface area contributed by atoms with Crippen LogP contribution in [0.2, 0.25) is 0 Å². The molecule has 1 saturated heterocycles. The van der Waals surface area contributed by atoms with Crippen LogP contribution in [0.5, 0.6) is 11.5 Å². The standard InChI is InChI=1S/C21H32N2O3/c1-15(2)21(22-20(24)14-23-10-5-4-7-16(23)3)17-8-9-18-19(13-17)26-12-6-11-25-18/h8-9,13,15-16,21H,4-7,10-12,14H2,1-3H3,(H,22,24). The van der Waals surface area contributed by atoms with Crippen LogP contribution in [-0.4, -0.2) is 43.2 Å². The van der Waals surface area contributed by atoms with Crippen LogP contribution < -0.4 is 14.8 Å². The molecular formula is C21H32N2O3. The second kappa shape index (κ2) is 8.76. The van der Waals surface area contributed by atoms with Crippen molar-refractivity contribution in [1.29, 1.82) is 0 Å². The van der Waals surface area contributed by atoms with Crippen molar-refractivity contribution < 1.29 is 14.3 Å². The second-order valence-corrected chi connectivity index (χ2v) is 7.86. The van der Waals surface area contributed by atoms with E-state index in [0.717, 1.165) is 30.0 Å². The summed E-state index contributed by atoms with van der Waals surface area (Å²) in [5.74, 6) is 1.97. The highest BCUT2D eigenvalue weighted by atomic mass is 16.5. The molecule has 1 aromatic rings. The number of ether oxygens (including phenoxy) is 2. The van der Waals surface area contributed by atoms with Crippen LogP contribution in [0.25, 0.3) is 0 Å². The SMILES string of the molecule is CC(C)C(NC(=O)CN1CCCCC1C)c1ccc2c(c1)OCCCO2. The summed E-state index contributed by atoms with van der Waals surface area (Å²) in [5, 5.41) is 3.25. The fourth-order valence-corrected chi connectivity index (χ4v) is 3.80. The van der Waals surface area contributed by atoms with Gasteiger partial charge < -0.3 is 14.8 Å². The Labute approximate surface area is 157 Å². The molecule has 2 aliphatic rings. The lowest BCUT2D eigenvalue weighted by molar-refractivity contribution is -0.124. The van der Waals surface area contributed by atoms with Gasteiger partial charge in [-0.3, -0.25) is 9.69 Å². The molecule has 2 heterocycles. The van der Waals surface area contributed by atoms with Crippen molar-refractivity contribution in [3.63, 3.8) is 0 Å². The Morgan fingerprint density at radius 2 is 1.96 bits per heavy atom. The average Bonchev–Trinajstić information content (AvgIpc) is 2.86. The molecule has 1 amide bonds. The van der Waals surface area contributed by atoms with Gasteiger partial charge in [-0.05, 0) is 49.9 Å². The summed E-state index contributed by atoms with van der Waals surface area (Å²) < 4.78 is 11.5. The zero-order chi connectivity index (χ0) is 18.5. The Morgan fingerprint density at radius 1 is 1.19 bits per heavy atom. The lowest BCUT2D eigenvalue weighted by Gasteiger charge is -2.33. The van der Waals surface area contributed by atoms with Crippen LogP contribution in [0.15, 0.2) is 18.2 Å². The van der Waals surface area contributed by atoms with Crippen LogP contribution in [0.1, 0.15) is 58.1 Å². The quantitative estimate of drug-likeness (QED) is 0.873. The first-order chi connectivity index (χ1) is 12.5. The lowest BCUT2D eigenvalue weighted by atomic mass is 9.95. The number of benzene rings is 1. The van der Waals surface area contributed by atoms with Crippen LogP contribution in [0.4, 0.5) is 0 Å². The Hall–Kier alpha value is -1.75. The van der Waals surface area contributed by atoms with E-state index in [1.54, 1.807) is 0 Å². The molecule has 1 N–H and O–H groups in total. The average molecular weight is 360 g/mol. The number of rotatable bonds is 5. The summed E-state index contributed by atoms with van der Waals surface area (Å²) in [4.78, 5) is 15.0. The maximum absolute atomic E-state index is 12.7. The van der Waals surface area contributed by atoms with Crippen LogP contribution >= 0.6 is 0 Å². The largest absolute Gasteiger partial charge is 0.490 e. The van der Waals surface area contributed by atoms with Gasteiger partial charge in [-0.2, -0.15) is 0 Å². The number of hydrogen-bond acceptors (Lipinski definition) is 4. The smallest absolute Gasteiger partial charge is 0.234 e. The molecule has 5 heteroatoms. The van der Waals surface area contributed by atoms with Gasteiger partial charge in [-0.1, -0.05) is 26.3 Å². The van der Waals surface area contributed by atoms with Crippen molar-refractivity contribution in [2.45, 2.75) is 58.5 Å². The minimum absolute atomic E-state index is 0.0280. The van der Waals surface area contributed by atoms with E-state index in [4.69, 9.17) is 9.47 Å². The highest BCUT2D eigenvalue weighted by molar-refractivity contribution is 5.78. The number of likely N-dealkylation sites (tertiary alicyclic amines) is 1. The summed E-state index contributed by atoms with van der Waals surface area (Å²) in [5.41, 5.74) is 1.07. The van der Waals surface area contributed by atoms with E-state index in [-0.39, 0.29) is 11.9 Å². The maximum Gasteiger partial charge on any atom is 0.234 e. The number of nitrogens with zero attached hydrogens (tertiary/aromatic N) is 1. The zero-order valence-corrected chi connectivity index (χ0v) is 16.3. The van der Waals surface area contributed by atoms with E-state index in [1.807, 2.05) is 18.2 Å². The van der Waals surface area contributed by atoms with Crippen LogP contribution in [-0.2, 0) is 4.79 Å². The van der Waals surface area contributed by atoms with E-state index >= 15 is 0 Å². The Bertz CT molecular complexity index is 617. The molecule has 1 aromatic carbocycles. The topological polar surface area (TPSA) is 50.8 Å². The third-order valence-corrected chi connectivity index (χ3v) is 5.40. The maximum atomic E-state index is 12.7. The van der Waals surface area contributed by atoms with Crippen molar-refractivity contribution >= 4 is 5.91 Å². The summed E-state index contributed by atoms with van der Waals surface area (Å²) in [6.45, 7) is 9.35. The van der Waals surface area contributed by atoms with Crippen molar-refractivity contribution in [3.05, 3.63) is 23.8 Å². The Balaban J connectivity index is 1.69. The summed E-state index contributed by atoms with van der Waals surface area (Å²) >= 11 is 0. The highest BCUT2D eigenvalue weighted by Crippen LogP contribution is 2.34. The first-order valence-corrected chi connectivity index (χ1v) is 9.97. The van der Waals surface area contributed by atoms with Crippen molar-refractivity contribution in [2.24, 2.45) is 5.92 Å². The van der Waals surface area contributed by atoms with Gasteiger partial charge >= 0.3 is 0 Å². The normalized spacial score (nSPS) is 21.9. The first-order valence-electron chi connectivity index (χ1n) is 9.97. The van der Waals surface area contributed by atoms with E-state index in [1.165, 1.54) is 19.3 Å². The third kappa shape index (κ3) is 4.70. The van der Waals surface area contributed by atoms with Gasteiger partial charge in [-0.15, -0.1) is 0 Å². The number of piperidine rings is 1. The number of nitrogens with one attached hydrogen (secondary N) is 1. The van der Waals surface area contributed by atoms with E-state index in [9.17, 15) is 4.79 Å². The summed E-state index contributed by atoms with van der Waals surface area (Å²) in [6.07, 6.45) is 4.53. The molecule has 144 valence electrons. The molecule has 0 spiro atoms. The molecule has 0 saturated carbocycles. The third-order valence-electron chi connectivity index (χ3n) is 5.40. The monoisotopic (exact) mass is 360 g/mol. The lowest BCUT2D eigenvalue weighted by Crippen LogP contribution is -2.45. The number of carbonyl (C=O) groups excluding carboxylic acids is 1. The fraction of sp³-hybridized carbons (Fsp3) is 0.667. The minimum Gasteiger partial charge on any atom is -0.490 e. The molecule has 0 bridgehead atoms. The molecule has 5 nitrogen and oxygen atoms in total. The summed E-state index contributed by atoms with van der Waals surface area (Å²) in [7, 11) is 0. The molecule has 0 aromatic heterocycles. The van der Waals surface area contributed by atoms with E-state index < -0.39 is 0 Å². The van der Waals surface area contributed by atoms with Gasteiger partial charge in [0.15, 0.2) is 11.5 Å². The van der Waals surface area contributed by atoms with Gasteiger partial charge in [0.05, 0.1) is 25.8 Å². The molecule has 2 atom stereocenters. The number of amides is 1. The Kier molecular flexibility index (Phi) is 6.41. The molecule has 26 heavy (non-hydrogen) atoms. The van der Waals surface area contributed by atoms with Gasteiger partial charge in [0.25, 0.3) is 0 Å². The van der Waals surface area contributed by atoms with Crippen molar-refractivity contribution in [2.75, 3.05) is 26.3 Å². The molecular weight excluding hydrogens is 328 g/mol. The second-order valence-electron chi connectivity index (χ2n) is 7.86. The van der Waals surface area contributed by atoms with Crippen LogP contribution in [0, 0.1) is 5.92 Å². The molecule has 2 aliphatic heterocycles. The predicted molar refractivity (Wildman–Crippen MR) is 103 cm³/mol. The Morgan fingerprint density at radius 3 is 2.69 bits per heavy atom. The van der Waals surface area contributed by atoms with Gasteiger partial charge in [0.1, 0.15) is 0 Å². The molecule has 1 fully saturated rings. The predicted octanol–water partition coefficient (Wildman–Crippen LogP) is 3.54. The van der Waals surface area contributed by atoms with Gasteiger partial charge in [-0.25, -0.2) is 0 Å². The number of fused-ring (bicyclic) bond motifs is 1. The fourth-order valence-electron chi connectivity index (χ4n) is 3.80. The number of hydrogen-bond donors (Lipinski definition) is 1. The van der Waals surface area contributed by atoms with Crippen molar-refractivity contribution in [1.82, 2.24) is 10.2 Å². The van der Waals surface area contributed by atoms with Crippen molar-refractivity contribution in [3.8, 4) is 11.5 Å². The van der Waals surface area contributed by atoms with E-state index in [0.29, 0.717) is 31.7 Å².